The van der Waals surface area contributed by atoms with Gasteiger partial charge in [0.1, 0.15) is 5.82 Å². The maximum Gasteiger partial charge on any atom is 0.147 e. The number of fused-ring (bicyclic) bond motifs is 3. The zero-order valence-electron chi connectivity index (χ0n) is 20.0. The highest BCUT2D eigenvalue weighted by atomic mass is 19.1. The Morgan fingerprint density at radius 3 is 1.94 bits per heavy atom. The fourth-order valence-corrected chi connectivity index (χ4v) is 5.20. The third kappa shape index (κ3) is 3.54. The normalized spacial score (nSPS) is 14.0. The van der Waals surface area contributed by atoms with Crippen molar-refractivity contribution in [2.45, 2.75) is 45.6 Å². The third-order valence-electron chi connectivity index (χ3n) is 6.80. The van der Waals surface area contributed by atoms with E-state index in [1.807, 2.05) is 24.3 Å². The standard InChI is InChI=1S/C31H30FN/c1-30(2,3)33(23-17-15-22(16-18-23)21-11-7-6-8-12-21)29-20-27-25(19-28(29)32)24-13-9-10-14-26(24)31(27,4)5/h6-20H,1-5H3. The monoisotopic (exact) mass is 435 g/mol. The predicted octanol–water partition coefficient (Wildman–Crippen LogP) is 8.74. The molecule has 0 radical (unpaired) electrons. The average molecular weight is 436 g/mol. The van der Waals surface area contributed by atoms with Gasteiger partial charge < -0.3 is 4.90 Å². The van der Waals surface area contributed by atoms with Gasteiger partial charge in [0, 0.05) is 16.6 Å². The lowest BCUT2D eigenvalue weighted by Gasteiger charge is -2.39. The van der Waals surface area contributed by atoms with Crippen LogP contribution in [0.2, 0.25) is 0 Å². The van der Waals surface area contributed by atoms with E-state index >= 15 is 4.39 Å². The van der Waals surface area contributed by atoms with Gasteiger partial charge in [-0.2, -0.15) is 0 Å². The summed E-state index contributed by atoms with van der Waals surface area (Å²) < 4.78 is 15.8. The topological polar surface area (TPSA) is 3.24 Å². The molecule has 0 unspecified atom stereocenters. The Labute approximate surface area is 196 Å². The van der Waals surface area contributed by atoms with Crippen molar-refractivity contribution in [1.82, 2.24) is 0 Å². The first-order chi connectivity index (χ1) is 15.7. The number of rotatable bonds is 3. The SMILES string of the molecule is CC1(C)c2ccccc2-c2cc(F)c(N(c3ccc(-c4ccccc4)cc3)C(C)(C)C)cc21. The fraction of sp³-hybridized carbons (Fsp3) is 0.226. The van der Waals surface area contributed by atoms with Gasteiger partial charge >= 0.3 is 0 Å². The highest BCUT2D eigenvalue weighted by molar-refractivity contribution is 5.84. The van der Waals surface area contributed by atoms with Crippen LogP contribution in [0.3, 0.4) is 0 Å². The van der Waals surface area contributed by atoms with Crippen LogP contribution < -0.4 is 4.90 Å². The highest BCUT2D eigenvalue weighted by Crippen LogP contribution is 2.51. The van der Waals surface area contributed by atoms with E-state index < -0.39 is 0 Å². The molecule has 1 aliphatic rings. The highest BCUT2D eigenvalue weighted by Gasteiger charge is 2.37. The van der Waals surface area contributed by atoms with E-state index in [4.69, 9.17) is 0 Å². The lowest BCUT2D eigenvalue weighted by molar-refractivity contribution is 0.540. The summed E-state index contributed by atoms with van der Waals surface area (Å²) in [6.45, 7) is 10.9. The summed E-state index contributed by atoms with van der Waals surface area (Å²) in [5.74, 6) is -0.191. The van der Waals surface area contributed by atoms with Crippen LogP contribution in [0.4, 0.5) is 15.8 Å². The summed E-state index contributed by atoms with van der Waals surface area (Å²) >= 11 is 0. The molecule has 166 valence electrons. The quantitative estimate of drug-likeness (QED) is 0.311. The zero-order chi connectivity index (χ0) is 23.4. The Balaban J connectivity index is 1.63. The molecule has 0 fully saturated rings. The number of benzene rings is 4. The molecule has 2 heteroatoms. The van der Waals surface area contributed by atoms with Gasteiger partial charge in [-0.25, -0.2) is 4.39 Å². The molecule has 4 aromatic rings. The maximum absolute atomic E-state index is 15.8. The van der Waals surface area contributed by atoms with Crippen LogP contribution in [-0.2, 0) is 5.41 Å². The van der Waals surface area contributed by atoms with Gasteiger partial charge in [-0.3, -0.25) is 0 Å². The van der Waals surface area contributed by atoms with E-state index in [0.717, 1.165) is 22.4 Å². The first kappa shape index (κ1) is 21.5. The van der Waals surface area contributed by atoms with E-state index in [1.54, 1.807) is 6.07 Å². The largest absolute Gasteiger partial charge is 0.334 e. The van der Waals surface area contributed by atoms with Gasteiger partial charge in [0.25, 0.3) is 0 Å². The van der Waals surface area contributed by atoms with Crippen molar-refractivity contribution in [2.24, 2.45) is 0 Å². The van der Waals surface area contributed by atoms with E-state index in [9.17, 15) is 0 Å². The molecule has 0 heterocycles. The van der Waals surface area contributed by atoms with Gasteiger partial charge in [0.2, 0.25) is 0 Å². The Kier molecular flexibility index (Phi) is 4.93. The van der Waals surface area contributed by atoms with Crippen LogP contribution in [0.5, 0.6) is 0 Å². The molecule has 0 spiro atoms. The molecule has 0 saturated heterocycles. The van der Waals surface area contributed by atoms with Gasteiger partial charge in [-0.1, -0.05) is 80.6 Å². The van der Waals surface area contributed by atoms with Crippen molar-refractivity contribution in [3.05, 3.63) is 108 Å². The smallest absolute Gasteiger partial charge is 0.147 e. The minimum Gasteiger partial charge on any atom is -0.334 e. The van der Waals surface area contributed by atoms with Crippen molar-refractivity contribution in [3.63, 3.8) is 0 Å². The number of nitrogens with zero attached hydrogens (tertiary/aromatic N) is 1. The first-order valence-corrected chi connectivity index (χ1v) is 11.6. The van der Waals surface area contributed by atoms with Gasteiger partial charge in [0.15, 0.2) is 0 Å². The zero-order valence-corrected chi connectivity index (χ0v) is 20.0. The molecule has 33 heavy (non-hydrogen) atoms. The van der Waals surface area contributed by atoms with E-state index in [0.29, 0.717) is 5.69 Å². The number of anilines is 2. The molecule has 0 saturated carbocycles. The van der Waals surface area contributed by atoms with Crippen molar-refractivity contribution >= 4 is 11.4 Å². The van der Waals surface area contributed by atoms with Gasteiger partial charge in [-0.15, -0.1) is 0 Å². The molecular formula is C31H30FN. The van der Waals surface area contributed by atoms with Gasteiger partial charge in [0.05, 0.1) is 5.69 Å². The summed E-state index contributed by atoms with van der Waals surface area (Å²) in [6.07, 6.45) is 0. The fourth-order valence-electron chi connectivity index (χ4n) is 5.20. The summed E-state index contributed by atoms with van der Waals surface area (Å²) in [5, 5.41) is 0. The molecule has 0 aliphatic heterocycles. The Hall–Kier alpha value is -3.39. The maximum atomic E-state index is 15.8. The van der Waals surface area contributed by atoms with Gasteiger partial charge in [-0.05, 0) is 78.4 Å². The molecule has 0 amide bonds. The summed E-state index contributed by atoms with van der Waals surface area (Å²) in [5.41, 5.74) is 8.02. The molecular weight excluding hydrogens is 405 g/mol. The first-order valence-electron chi connectivity index (χ1n) is 11.6. The minimum absolute atomic E-state index is 0.172. The van der Waals surface area contributed by atoms with Crippen LogP contribution in [0.25, 0.3) is 22.3 Å². The number of hydrogen-bond acceptors (Lipinski definition) is 1. The van der Waals surface area contributed by atoms with Crippen molar-refractivity contribution in [3.8, 4) is 22.3 Å². The van der Waals surface area contributed by atoms with Crippen molar-refractivity contribution in [2.75, 3.05) is 4.90 Å². The van der Waals surface area contributed by atoms with Crippen molar-refractivity contribution < 1.29 is 4.39 Å². The van der Waals surface area contributed by atoms with E-state index in [2.05, 4.69) is 100 Å². The Morgan fingerprint density at radius 1 is 0.667 bits per heavy atom. The van der Waals surface area contributed by atoms with Crippen LogP contribution in [0, 0.1) is 5.82 Å². The van der Waals surface area contributed by atoms with Crippen LogP contribution in [-0.4, -0.2) is 5.54 Å². The molecule has 1 nitrogen and oxygen atoms in total. The Morgan fingerprint density at radius 2 is 1.27 bits per heavy atom. The van der Waals surface area contributed by atoms with Crippen LogP contribution in [0.1, 0.15) is 45.7 Å². The molecule has 0 bridgehead atoms. The van der Waals surface area contributed by atoms with Crippen LogP contribution >= 0.6 is 0 Å². The number of halogens is 1. The summed E-state index contributed by atoms with van der Waals surface area (Å²) in [4.78, 5) is 2.12. The summed E-state index contributed by atoms with van der Waals surface area (Å²) in [7, 11) is 0. The minimum atomic E-state index is -0.307. The molecule has 0 aromatic heterocycles. The van der Waals surface area contributed by atoms with E-state index in [1.165, 1.54) is 16.7 Å². The molecule has 0 atom stereocenters. The second-order valence-electron chi connectivity index (χ2n) is 10.4. The summed E-state index contributed by atoms with van der Waals surface area (Å²) in [6, 6.07) is 30.9. The average Bonchev–Trinajstić information content (AvgIpc) is 3.01. The molecule has 0 N–H and O–H groups in total. The molecule has 1 aliphatic carbocycles. The van der Waals surface area contributed by atoms with Crippen LogP contribution in [0.15, 0.2) is 91.0 Å². The third-order valence-corrected chi connectivity index (χ3v) is 6.80. The lowest BCUT2D eigenvalue weighted by Crippen LogP contribution is -2.38. The predicted molar refractivity (Wildman–Crippen MR) is 138 cm³/mol. The molecule has 5 rings (SSSR count). The lowest BCUT2D eigenvalue weighted by atomic mass is 9.82. The Bertz CT molecular complexity index is 1310. The second kappa shape index (κ2) is 7.59. The second-order valence-corrected chi connectivity index (χ2v) is 10.4. The number of hydrogen-bond donors (Lipinski definition) is 0. The van der Waals surface area contributed by atoms with E-state index in [-0.39, 0.29) is 16.8 Å². The van der Waals surface area contributed by atoms with Crippen molar-refractivity contribution in [1.29, 1.82) is 0 Å². The molecule has 4 aromatic carbocycles.